The van der Waals surface area contributed by atoms with Gasteiger partial charge in [-0.15, -0.1) is 0 Å². The van der Waals surface area contributed by atoms with Crippen LogP contribution in [0.4, 0.5) is 16.2 Å². The summed E-state index contributed by atoms with van der Waals surface area (Å²) in [7, 11) is 1.75. The van der Waals surface area contributed by atoms with Crippen LogP contribution in [0.15, 0.2) is 54.6 Å². The summed E-state index contributed by atoms with van der Waals surface area (Å²) >= 11 is 0. The Morgan fingerprint density at radius 3 is 2.52 bits per heavy atom. The molecule has 0 saturated carbocycles. The van der Waals surface area contributed by atoms with E-state index in [0.29, 0.717) is 0 Å². The van der Waals surface area contributed by atoms with Crippen molar-refractivity contribution in [3.8, 4) is 11.8 Å². The van der Waals surface area contributed by atoms with Crippen LogP contribution in [0.1, 0.15) is 31.7 Å². The molecule has 23 heavy (non-hydrogen) atoms. The monoisotopic (exact) mass is 306 g/mol. The second-order valence-corrected chi connectivity index (χ2v) is 5.28. The fourth-order valence-electron chi connectivity index (χ4n) is 2.13. The van der Waals surface area contributed by atoms with Crippen molar-refractivity contribution in [2.24, 2.45) is 0 Å². The Balaban J connectivity index is 2.13. The van der Waals surface area contributed by atoms with Crippen LogP contribution in [0.2, 0.25) is 0 Å². The van der Waals surface area contributed by atoms with E-state index in [1.54, 1.807) is 11.9 Å². The van der Waals surface area contributed by atoms with Crippen molar-refractivity contribution < 1.29 is 4.79 Å². The van der Waals surface area contributed by atoms with Crippen LogP contribution in [-0.4, -0.2) is 13.1 Å². The molecule has 0 radical (unpaired) electrons. The predicted molar refractivity (Wildman–Crippen MR) is 96.7 cm³/mol. The van der Waals surface area contributed by atoms with Gasteiger partial charge in [0.05, 0.1) is 5.69 Å². The number of carbonyl (C=O) groups excluding carboxylic acids is 1. The second kappa shape index (κ2) is 8.65. The smallest absolute Gasteiger partial charge is 0.308 e. The molecule has 0 atom stereocenters. The van der Waals surface area contributed by atoms with E-state index in [2.05, 4.69) is 24.1 Å². The minimum absolute atomic E-state index is 0.181. The summed E-state index contributed by atoms with van der Waals surface area (Å²) in [6.07, 6.45) is 3.11. The molecule has 0 saturated heterocycles. The van der Waals surface area contributed by atoms with Crippen molar-refractivity contribution in [1.29, 1.82) is 0 Å². The molecule has 0 spiro atoms. The fraction of sp³-hybridized carbons (Fsp3) is 0.250. The zero-order valence-electron chi connectivity index (χ0n) is 13.7. The predicted octanol–water partition coefficient (Wildman–Crippen LogP) is 4.90. The molecule has 0 aliphatic carbocycles. The normalized spacial score (nSPS) is 9.65. The Morgan fingerprint density at radius 1 is 1.09 bits per heavy atom. The molecule has 2 amide bonds. The van der Waals surface area contributed by atoms with Crippen LogP contribution in [0.25, 0.3) is 0 Å². The van der Waals surface area contributed by atoms with Crippen molar-refractivity contribution in [1.82, 2.24) is 0 Å². The Bertz CT molecular complexity index is 698. The number of amides is 2. The van der Waals surface area contributed by atoms with Gasteiger partial charge in [0.15, 0.2) is 0 Å². The highest BCUT2D eigenvalue weighted by atomic mass is 16.2. The van der Waals surface area contributed by atoms with E-state index in [9.17, 15) is 4.79 Å². The number of para-hydroxylation sites is 2. The minimum Gasteiger partial charge on any atom is -0.308 e. The fourth-order valence-corrected chi connectivity index (χ4v) is 2.13. The van der Waals surface area contributed by atoms with Crippen molar-refractivity contribution in [3.05, 3.63) is 60.2 Å². The summed E-state index contributed by atoms with van der Waals surface area (Å²) < 4.78 is 0. The Hall–Kier alpha value is -2.73. The molecule has 118 valence electrons. The Kier molecular flexibility index (Phi) is 6.26. The van der Waals surface area contributed by atoms with Crippen LogP contribution in [0, 0.1) is 11.8 Å². The summed E-state index contributed by atoms with van der Waals surface area (Å²) in [5.74, 6) is 6.35. The molecule has 2 rings (SSSR count). The highest BCUT2D eigenvalue weighted by Crippen LogP contribution is 2.19. The lowest BCUT2D eigenvalue weighted by Gasteiger charge is -2.19. The maximum atomic E-state index is 12.4. The summed E-state index contributed by atoms with van der Waals surface area (Å²) in [5.41, 5.74) is 2.45. The van der Waals surface area contributed by atoms with Gasteiger partial charge in [-0.05, 0) is 30.7 Å². The number of rotatable bonds is 4. The average molecular weight is 306 g/mol. The molecule has 2 aromatic rings. The van der Waals surface area contributed by atoms with E-state index < -0.39 is 0 Å². The van der Waals surface area contributed by atoms with Crippen molar-refractivity contribution in [2.45, 2.75) is 26.2 Å². The second-order valence-electron chi connectivity index (χ2n) is 5.28. The average Bonchev–Trinajstić information content (AvgIpc) is 2.59. The molecule has 3 nitrogen and oxygen atoms in total. The van der Waals surface area contributed by atoms with Gasteiger partial charge in [-0.3, -0.25) is 4.90 Å². The van der Waals surface area contributed by atoms with Crippen LogP contribution in [-0.2, 0) is 0 Å². The Labute approximate surface area is 138 Å². The van der Waals surface area contributed by atoms with Crippen LogP contribution < -0.4 is 10.2 Å². The highest BCUT2D eigenvalue weighted by Gasteiger charge is 2.13. The first-order chi connectivity index (χ1) is 11.2. The lowest BCUT2D eigenvalue weighted by molar-refractivity contribution is 0.258. The van der Waals surface area contributed by atoms with Gasteiger partial charge in [-0.1, -0.05) is 55.5 Å². The van der Waals surface area contributed by atoms with Crippen molar-refractivity contribution in [2.75, 3.05) is 17.3 Å². The van der Waals surface area contributed by atoms with Crippen molar-refractivity contribution in [3.63, 3.8) is 0 Å². The van der Waals surface area contributed by atoms with E-state index in [1.165, 1.54) is 0 Å². The first kappa shape index (κ1) is 16.6. The third kappa shape index (κ3) is 4.89. The molecule has 0 aromatic heterocycles. The number of anilines is 2. The zero-order chi connectivity index (χ0) is 16.5. The van der Waals surface area contributed by atoms with E-state index in [1.807, 2.05) is 54.6 Å². The lowest BCUT2D eigenvalue weighted by atomic mass is 10.1. The highest BCUT2D eigenvalue weighted by molar-refractivity contribution is 6.02. The van der Waals surface area contributed by atoms with Gasteiger partial charge in [-0.2, -0.15) is 0 Å². The quantitative estimate of drug-likeness (QED) is 0.632. The topological polar surface area (TPSA) is 32.3 Å². The van der Waals surface area contributed by atoms with E-state index in [0.717, 1.165) is 36.2 Å². The minimum atomic E-state index is -0.181. The largest absolute Gasteiger partial charge is 0.326 e. The van der Waals surface area contributed by atoms with E-state index in [-0.39, 0.29) is 6.03 Å². The number of hydrogen-bond acceptors (Lipinski definition) is 1. The number of carbonyl (C=O) groups is 1. The summed E-state index contributed by atoms with van der Waals surface area (Å²) in [6, 6.07) is 17.0. The number of unbranched alkanes of at least 4 members (excludes halogenated alkanes) is 2. The summed E-state index contributed by atoms with van der Waals surface area (Å²) in [6.45, 7) is 2.15. The van der Waals surface area contributed by atoms with Gasteiger partial charge in [0.25, 0.3) is 0 Å². The summed E-state index contributed by atoms with van der Waals surface area (Å²) in [4.78, 5) is 14.0. The lowest BCUT2D eigenvalue weighted by Crippen LogP contribution is -2.31. The van der Waals surface area contributed by atoms with Gasteiger partial charge in [0.2, 0.25) is 0 Å². The molecule has 0 unspecified atom stereocenters. The molecule has 0 heterocycles. The number of nitrogens with zero attached hydrogens (tertiary/aromatic N) is 1. The van der Waals surface area contributed by atoms with Gasteiger partial charge < -0.3 is 5.32 Å². The molecule has 2 aromatic carbocycles. The molecule has 3 heteroatoms. The molecular formula is C20H22N2O. The molecule has 0 aliphatic heterocycles. The van der Waals surface area contributed by atoms with Crippen LogP contribution in [0.5, 0.6) is 0 Å². The number of benzene rings is 2. The maximum Gasteiger partial charge on any atom is 0.326 e. The van der Waals surface area contributed by atoms with E-state index >= 15 is 0 Å². The van der Waals surface area contributed by atoms with Gasteiger partial charge in [0, 0.05) is 24.7 Å². The first-order valence-corrected chi connectivity index (χ1v) is 7.90. The van der Waals surface area contributed by atoms with Crippen LogP contribution in [0.3, 0.4) is 0 Å². The van der Waals surface area contributed by atoms with Gasteiger partial charge in [-0.25, -0.2) is 4.79 Å². The van der Waals surface area contributed by atoms with Gasteiger partial charge >= 0.3 is 6.03 Å². The Morgan fingerprint density at radius 2 is 1.78 bits per heavy atom. The number of urea groups is 1. The van der Waals surface area contributed by atoms with Crippen LogP contribution >= 0.6 is 0 Å². The first-order valence-electron chi connectivity index (χ1n) is 7.90. The third-order valence-corrected chi connectivity index (χ3v) is 3.47. The molecule has 0 aliphatic rings. The molecular weight excluding hydrogens is 284 g/mol. The third-order valence-electron chi connectivity index (χ3n) is 3.47. The molecule has 0 fully saturated rings. The summed E-state index contributed by atoms with van der Waals surface area (Å²) in [5, 5.41) is 2.88. The SMILES string of the molecule is CCCCC#Cc1ccccc1N(C)C(=O)Nc1ccccc1. The zero-order valence-corrected chi connectivity index (χ0v) is 13.7. The standard InChI is InChI=1S/C20H22N2O/c1-3-4-5-7-12-17-13-10-11-16-19(17)22(2)20(23)21-18-14-8-6-9-15-18/h6,8-11,13-16H,3-5H2,1-2H3,(H,21,23). The van der Waals surface area contributed by atoms with Gasteiger partial charge in [0.1, 0.15) is 0 Å². The maximum absolute atomic E-state index is 12.4. The van der Waals surface area contributed by atoms with Crippen molar-refractivity contribution >= 4 is 17.4 Å². The number of nitrogens with one attached hydrogen (secondary N) is 1. The number of hydrogen-bond donors (Lipinski definition) is 1. The molecule has 1 N–H and O–H groups in total. The molecule has 0 bridgehead atoms. The van der Waals surface area contributed by atoms with E-state index in [4.69, 9.17) is 0 Å².